The van der Waals surface area contributed by atoms with E-state index >= 15 is 0 Å². The van der Waals surface area contributed by atoms with Crippen LogP contribution in [0.15, 0.2) is 23.2 Å². The lowest BCUT2D eigenvalue weighted by Crippen LogP contribution is -2.39. The van der Waals surface area contributed by atoms with E-state index in [1.165, 1.54) is 11.9 Å². The maximum Gasteiger partial charge on any atom is 0.401 e. The lowest BCUT2D eigenvalue weighted by Gasteiger charge is -2.19. The summed E-state index contributed by atoms with van der Waals surface area (Å²) in [7, 11) is 4.55. The number of benzene rings is 1. The zero-order valence-electron chi connectivity index (χ0n) is 15.3. The molecule has 0 saturated carbocycles. The molecule has 0 aliphatic rings. The van der Waals surface area contributed by atoms with Gasteiger partial charge in [-0.25, -0.2) is 0 Å². The van der Waals surface area contributed by atoms with E-state index in [4.69, 9.17) is 9.47 Å². The lowest BCUT2D eigenvalue weighted by atomic mass is 10.2. The van der Waals surface area contributed by atoms with Crippen molar-refractivity contribution in [1.82, 2.24) is 10.2 Å². The molecule has 0 spiro atoms. The Kier molecular flexibility index (Phi) is 11.4. The molecule has 10 heteroatoms. The number of rotatable bonds is 8. The largest absolute Gasteiger partial charge is 0.493 e. The molecule has 1 rings (SSSR count). The minimum Gasteiger partial charge on any atom is -0.493 e. The molecule has 1 aromatic carbocycles. The molecule has 0 bridgehead atoms. The highest BCUT2D eigenvalue weighted by molar-refractivity contribution is 14.0. The van der Waals surface area contributed by atoms with Gasteiger partial charge in [0.2, 0.25) is 0 Å². The van der Waals surface area contributed by atoms with Crippen molar-refractivity contribution in [1.29, 1.82) is 0 Å². The van der Waals surface area contributed by atoms with Crippen molar-refractivity contribution >= 4 is 35.6 Å². The van der Waals surface area contributed by atoms with Gasteiger partial charge in [-0.2, -0.15) is 13.2 Å². The van der Waals surface area contributed by atoms with Gasteiger partial charge in [0.15, 0.2) is 17.5 Å². The van der Waals surface area contributed by atoms with Gasteiger partial charge in [0.25, 0.3) is 0 Å². The second-order valence-corrected chi connectivity index (χ2v) is 5.28. The zero-order valence-corrected chi connectivity index (χ0v) is 17.6. The Balaban J connectivity index is 0.00000625. The SMILES string of the molecule is CCOc1ccc(NC(=NC)NCCN(C)CC(F)(F)F)cc1OC.I. The van der Waals surface area contributed by atoms with Crippen molar-refractivity contribution in [2.75, 3.05) is 52.8 Å². The first kappa shape index (κ1) is 24.6. The summed E-state index contributed by atoms with van der Waals surface area (Å²) in [6.07, 6.45) is -4.20. The lowest BCUT2D eigenvalue weighted by molar-refractivity contribution is -0.142. The second kappa shape index (κ2) is 12.0. The normalized spacial score (nSPS) is 11.8. The van der Waals surface area contributed by atoms with Crippen LogP contribution in [-0.4, -0.2) is 64.5 Å². The number of alkyl halides is 3. The van der Waals surface area contributed by atoms with Crippen molar-refractivity contribution in [3.8, 4) is 11.5 Å². The number of hydrogen-bond donors (Lipinski definition) is 2. The summed E-state index contributed by atoms with van der Waals surface area (Å²) >= 11 is 0. The molecule has 26 heavy (non-hydrogen) atoms. The Morgan fingerprint density at radius 3 is 2.50 bits per heavy atom. The van der Waals surface area contributed by atoms with E-state index < -0.39 is 12.7 Å². The minimum atomic E-state index is -4.20. The Labute approximate surface area is 169 Å². The van der Waals surface area contributed by atoms with E-state index in [-0.39, 0.29) is 30.5 Å². The van der Waals surface area contributed by atoms with Crippen LogP contribution in [0, 0.1) is 0 Å². The second-order valence-electron chi connectivity index (χ2n) is 5.28. The van der Waals surface area contributed by atoms with Crippen LogP contribution in [0.4, 0.5) is 18.9 Å². The molecule has 0 unspecified atom stereocenters. The van der Waals surface area contributed by atoms with E-state index in [0.717, 1.165) is 5.69 Å². The Morgan fingerprint density at radius 2 is 1.96 bits per heavy atom. The van der Waals surface area contributed by atoms with Gasteiger partial charge in [0, 0.05) is 31.9 Å². The molecular weight excluding hydrogens is 464 g/mol. The highest BCUT2D eigenvalue weighted by atomic mass is 127. The first-order valence-corrected chi connectivity index (χ1v) is 7.82. The number of nitrogens with zero attached hydrogens (tertiary/aromatic N) is 2. The number of likely N-dealkylation sites (N-methyl/N-ethyl adjacent to an activating group) is 1. The van der Waals surface area contributed by atoms with E-state index in [0.29, 0.717) is 30.6 Å². The number of nitrogens with one attached hydrogen (secondary N) is 2. The van der Waals surface area contributed by atoms with Crippen molar-refractivity contribution in [3.05, 3.63) is 18.2 Å². The van der Waals surface area contributed by atoms with Crippen LogP contribution in [0.5, 0.6) is 11.5 Å². The maximum atomic E-state index is 12.3. The first-order valence-electron chi connectivity index (χ1n) is 7.82. The van der Waals surface area contributed by atoms with E-state index in [9.17, 15) is 13.2 Å². The number of guanidine groups is 1. The standard InChI is InChI=1S/C16H25F3N4O2.HI/c1-5-25-13-7-6-12(10-14(13)24-4)22-15(20-2)21-8-9-23(3)11-16(17,18)19;/h6-7,10H,5,8-9,11H2,1-4H3,(H2,20,21,22);1H. The molecule has 1 aromatic rings. The number of methoxy groups -OCH3 is 1. The number of anilines is 1. The summed E-state index contributed by atoms with van der Waals surface area (Å²) in [5.74, 6) is 1.66. The number of ether oxygens (including phenoxy) is 2. The molecule has 0 heterocycles. The molecule has 0 aromatic heterocycles. The van der Waals surface area contributed by atoms with Crippen molar-refractivity contribution < 1.29 is 22.6 Å². The third-order valence-electron chi connectivity index (χ3n) is 3.18. The van der Waals surface area contributed by atoms with Gasteiger partial charge >= 0.3 is 6.18 Å². The minimum absolute atomic E-state index is 0. The smallest absolute Gasteiger partial charge is 0.401 e. The van der Waals surface area contributed by atoms with Gasteiger partial charge < -0.3 is 20.1 Å². The fourth-order valence-electron chi connectivity index (χ4n) is 2.09. The molecule has 0 radical (unpaired) electrons. The molecule has 0 fully saturated rings. The van der Waals surface area contributed by atoms with E-state index in [2.05, 4.69) is 15.6 Å². The van der Waals surface area contributed by atoms with Crippen LogP contribution in [0.3, 0.4) is 0 Å². The highest BCUT2D eigenvalue weighted by Crippen LogP contribution is 2.30. The molecule has 150 valence electrons. The average molecular weight is 490 g/mol. The van der Waals surface area contributed by atoms with Crippen molar-refractivity contribution in [2.45, 2.75) is 13.1 Å². The predicted octanol–water partition coefficient (Wildman–Crippen LogP) is 3.19. The summed E-state index contributed by atoms with van der Waals surface area (Å²) in [6, 6.07) is 5.33. The van der Waals surface area contributed by atoms with Gasteiger partial charge in [-0.3, -0.25) is 9.89 Å². The predicted molar refractivity (Wildman–Crippen MR) is 108 cm³/mol. The number of hydrogen-bond acceptors (Lipinski definition) is 4. The molecule has 2 N–H and O–H groups in total. The van der Waals surface area contributed by atoms with Crippen LogP contribution < -0.4 is 20.1 Å². The Morgan fingerprint density at radius 1 is 1.27 bits per heavy atom. The molecule has 0 aliphatic carbocycles. The van der Waals surface area contributed by atoms with Crippen LogP contribution in [0.2, 0.25) is 0 Å². The fourth-order valence-corrected chi connectivity index (χ4v) is 2.09. The highest BCUT2D eigenvalue weighted by Gasteiger charge is 2.28. The summed E-state index contributed by atoms with van der Waals surface area (Å²) in [5, 5.41) is 6.03. The topological polar surface area (TPSA) is 58.1 Å². The Hall–Kier alpha value is -1.43. The summed E-state index contributed by atoms with van der Waals surface area (Å²) < 4.78 is 47.6. The summed E-state index contributed by atoms with van der Waals surface area (Å²) in [6.45, 7) is 2.01. The average Bonchev–Trinajstić information content (AvgIpc) is 2.53. The van der Waals surface area contributed by atoms with Gasteiger partial charge in [-0.1, -0.05) is 0 Å². The van der Waals surface area contributed by atoms with Gasteiger partial charge in [-0.15, -0.1) is 24.0 Å². The molecule has 6 nitrogen and oxygen atoms in total. The van der Waals surface area contributed by atoms with Crippen molar-refractivity contribution in [3.63, 3.8) is 0 Å². The summed E-state index contributed by atoms with van der Waals surface area (Å²) in [5.41, 5.74) is 0.719. The van der Waals surface area contributed by atoms with E-state index in [1.54, 1.807) is 32.4 Å². The van der Waals surface area contributed by atoms with Crippen LogP contribution in [0.25, 0.3) is 0 Å². The third kappa shape index (κ3) is 9.32. The van der Waals surface area contributed by atoms with E-state index in [1.807, 2.05) is 6.92 Å². The van der Waals surface area contributed by atoms with Gasteiger partial charge in [0.1, 0.15) is 0 Å². The van der Waals surface area contributed by atoms with Crippen LogP contribution >= 0.6 is 24.0 Å². The van der Waals surface area contributed by atoms with Gasteiger partial charge in [-0.05, 0) is 26.1 Å². The fraction of sp³-hybridized carbons (Fsp3) is 0.562. The molecule has 0 aliphatic heterocycles. The maximum absolute atomic E-state index is 12.3. The molecule has 0 atom stereocenters. The number of aliphatic imine (C=N–C) groups is 1. The molecular formula is C16H26F3IN4O2. The number of halogens is 4. The Bertz CT molecular complexity index is 571. The molecule has 0 amide bonds. The zero-order chi connectivity index (χ0) is 18.9. The molecule has 0 saturated heterocycles. The first-order chi connectivity index (χ1) is 11.8. The van der Waals surface area contributed by atoms with Crippen LogP contribution in [-0.2, 0) is 0 Å². The third-order valence-corrected chi connectivity index (χ3v) is 3.18. The van der Waals surface area contributed by atoms with Crippen molar-refractivity contribution in [2.24, 2.45) is 4.99 Å². The summed E-state index contributed by atoms with van der Waals surface area (Å²) in [4.78, 5) is 5.25. The van der Waals surface area contributed by atoms with Gasteiger partial charge in [0.05, 0.1) is 20.3 Å². The quantitative estimate of drug-likeness (QED) is 0.333. The monoisotopic (exact) mass is 490 g/mol. The van der Waals surface area contributed by atoms with Crippen LogP contribution in [0.1, 0.15) is 6.92 Å².